The molecule has 2 aromatic carbocycles. The molecule has 0 bridgehead atoms. The van der Waals surface area contributed by atoms with Crippen molar-refractivity contribution in [2.75, 3.05) is 5.73 Å². The summed E-state index contributed by atoms with van der Waals surface area (Å²) >= 11 is 0. The third-order valence-electron chi connectivity index (χ3n) is 3.06. The molecular formula is C14H11F2N3. The highest BCUT2D eigenvalue weighted by Crippen LogP contribution is 2.27. The lowest BCUT2D eigenvalue weighted by Gasteiger charge is -2.09. The molecule has 0 aliphatic carbocycles. The van der Waals surface area contributed by atoms with Crippen molar-refractivity contribution in [3.63, 3.8) is 0 Å². The lowest BCUT2D eigenvalue weighted by atomic mass is 10.2. The molecule has 3 nitrogen and oxygen atoms in total. The van der Waals surface area contributed by atoms with Gasteiger partial charge in [-0.25, -0.2) is 13.8 Å². The normalized spacial score (nSPS) is 11.1. The molecule has 0 unspecified atom stereocenters. The fourth-order valence-electron chi connectivity index (χ4n) is 2.19. The molecule has 1 aromatic heterocycles. The number of halogens is 2. The van der Waals surface area contributed by atoms with Gasteiger partial charge in [-0.05, 0) is 18.6 Å². The number of imidazole rings is 1. The van der Waals surface area contributed by atoms with Crippen LogP contribution in [0.1, 0.15) is 5.56 Å². The van der Waals surface area contributed by atoms with Gasteiger partial charge in [0.05, 0.1) is 11.2 Å². The van der Waals surface area contributed by atoms with Crippen molar-refractivity contribution in [2.24, 2.45) is 0 Å². The Morgan fingerprint density at radius 3 is 2.63 bits per heavy atom. The van der Waals surface area contributed by atoms with Crippen LogP contribution in [0.5, 0.6) is 0 Å². The van der Waals surface area contributed by atoms with Crippen molar-refractivity contribution in [1.29, 1.82) is 0 Å². The number of fused-ring (bicyclic) bond motifs is 1. The molecule has 5 heteroatoms. The first-order valence-corrected chi connectivity index (χ1v) is 5.77. The van der Waals surface area contributed by atoms with Crippen LogP contribution in [0.25, 0.3) is 16.7 Å². The topological polar surface area (TPSA) is 43.8 Å². The molecule has 2 N–H and O–H groups in total. The summed E-state index contributed by atoms with van der Waals surface area (Å²) in [6, 6.07) is 9.48. The maximum Gasteiger partial charge on any atom is 0.206 e. The summed E-state index contributed by atoms with van der Waals surface area (Å²) in [5.41, 5.74) is 7.93. The highest BCUT2D eigenvalue weighted by atomic mass is 19.1. The minimum absolute atomic E-state index is 0.0714. The van der Waals surface area contributed by atoms with Gasteiger partial charge in [-0.1, -0.05) is 18.2 Å². The molecule has 3 aromatic rings. The molecular weight excluding hydrogens is 248 g/mol. The summed E-state index contributed by atoms with van der Waals surface area (Å²) < 4.78 is 28.6. The van der Waals surface area contributed by atoms with Gasteiger partial charge in [0, 0.05) is 12.1 Å². The van der Waals surface area contributed by atoms with Crippen molar-refractivity contribution >= 4 is 17.0 Å². The number of nitrogens with two attached hydrogens (primary N) is 1. The van der Waals surface area contributed by atoms with Crippen LogP contribution in [-0.4, -0.2) is 9.55 Å². The predicted octanol–water partition coefficient (Wildman–Crippen LogP) is 3.19. The number of nitrogen functional groups attached to an aromatic ring is 1. The lowest BCUT2D eigenvalue weighted by Crippen LogP contribution is -2.02. The van der Waals surface area contributed by atoms with Gasteiger partial charge in [-0.2, -0.15) is 0 Å². The van der Waals surface area contributed by atoms with Gasteiger partial charge in [0.1, 0.15) is 11.3 Å². The van der Waals surface area contributed by atoms with Gasteiger partial charge in [0.2, 0.25) is 5.95 Å². The minimum Gasteiger partial charge on any atom is -0.369 e. The molecule has 0 saturated carbocycles. The average molecular weight is 259 g/mol. The second-order valence-electron chi connectivity index (χ2n) is 4.35. The predicted molar refractivity (Wildman–Crippen MR) is 70.1 cm³/mol. The van der Waals surface area contributed by atoms with Crippen LogP contribution in [0, 0.1) is 18.6 Å². The molecule has 0 fully saturated rings. The van der Waals surface area contributed by atoms with Gasteiger partial charge in [0.15, 0.2) is 5.82 Å². The van der Waals surface area contributed by atoms with Crippen molar-refractivity contribution in [2.45, 2.75) is 6.92 Å². The molecule has 3 rings (SSSR count). The van der Waals surface area contributed by atoms with Crippen LogP contribution < -0.4 is 5.73 Å². The van der Waals surface area contributed by atoms with E-state index < -0.39 is 11.6 Å². The third-order valence-corrected chi connectivity index (χ3v) is 3.06. The molecule has 19 heavy (non-hydrogen) atoms. The maximum atomic E-state index is 13.7. The second-order valence-corrected chi connectivity index (χ2v) is 4.35. The van der Waals surface area contributed by atoms with E-state index in [9.17, 15) is 8.78 Å². The Bertz CT molecular complexity index is 778. The van der Waals surface area contributed by atoms with E-state index >= 15 is 0 Å². The number of para-hydroxylation sites is 1. The monoisotopic (exact) mass is 259 g/mol. The quantitative estimate of drug-likeness (QED) is 0.729. The van der Waals surface area contributed by atoms with E-state index in [4.69, 9.17) is 5.73 Å². The summed E-state index contributed by atoms with van der Waals surface area (Å²) in [6.45, 7) is 1.90. The zero-order valence-electron chi connectivity index (χ0n) is 10.2. The number of benzene rings is 2. The largest absolute Gasteiger partial charge is 0.369 e. The van der Waals surface area contributed by atoms with Gasteiger partial charge in [0.25, 0.3) is 0 Å². The zero-order chi connectivity index (χ0) is 13.6. The van der Waals surface area contributed by atoms with Gasteiger partial charge in [-0.3, -0.25) is 4.57 Å². The van der Waals surface area contributed by atoms with Gasteiger partial charge < -0.3 is 5.73 Å². The Hall–Kier alpha value is -2.43. The van der Waals surface area contributed by atoms with E-state index in [1.165, 1.54) is 6.07 Å². The van der Waals surface area contributed by atoms with Crippen LogP contribution in [-0.2, 0) is 0 Å². The maximum absolute atomic E-state index is 13.7. The second kappa shape index (κ2) is 4.05. The molecule has 0 spiro atoms. The molecule has 0 aliphatic heterocycles. The molecule has 0 aliphatic rings. The standard InChI is InChI=1S/C14H11F2N3/c1-8-4-2-3-5-11(8)19-12-7-9(15)6-10(16)13(12)18-14(19)17/h2-7H,1H3,(H2,17,18). The van der Waals surface area contributed by atoms with E-state index in [1.54, 1.807) is 4.57 Å². The molecule has 0 saturated heterocycles. The van der Waals surface area contributed by atoms with Crippen LogP contribution in [0.4, 0.5) is 14.7 Å². The van der Waals surface area contributed by atoms with Crippen LogP contribution in [0.2, 0.25) is 0 Å². The number of nitrogens with zero attached hydrogens (tertiary/aromatic N) is 2. The van der Waals surface area contributed by atoms with E-state index in [-0.39, 0.29) is 11.5 Å². The highest BCUT2D eigenvalue weighted by molar-refractivity contribution is 5.81. The Labute approximate surface area is 108 Å². The van der Waals surface area contributed by atoms with E-state index in [0.717, 1.165) is 17.3 Å². The van der Waals surface area contributed by atoms with Crippen molar-refractivity contribution in [3.8, 4) is 5.69 Å². The summed E-state index contributed by atoms with van der Waals surface area (Å²) in [6.07, 6.45) is 0. The smallest absolute Gasteiger partial charge is 0.206 e. The minimum atomic E-state index is -0.714. The molecule has 1 heterocycles. The number of hydrogen-bond donors (Lipinski definition) is 1. The number of aromatic nitrogens is 2. The van der Waals surface area contributed by atoms with E-state index in [0.29, 0.717) is 5.52 Å². The lowest BCUT2D eigenvalue weighted by molar-refractivity contribution is 0.590. The number of anilines is 1. The molecule has 0 radical (unpaired) electrons. The van der Waals surface area contributed by atoms with Crippen molar-refractivity contribution in [3.05, 3.63) is 53.6 Å². The summed E-state index contributed by atoms with van der Waals surface area (Å²) in [5.74, 6) is -1.23. The number of rotatable bonds is 1. The summed E-state index contributed by atoms with van der Waals surface area (Å²) in [4.78, 5) is 3.97. The average Bonchev–Trinajstić information content (AvgIpc) is 2.67. The van der Waals surface area contributed by atoms with Crippen LogP contribution >= 0.6 is 0 Å². The van der Waals surface area contributed by atoms with Gasteiger partial charge >= 0.3 is 0 Å². The van der Waals surface area contributed by atoms with Crippen LogP contribution in [0.15, 0.2) is 36.4 Å². The fraction of sp³-hybridized carbons (Fsp3) is 0.0714. The van der Waals surface area contributed by atoms with Gasteiger partial charge in [-0.15, -0.1) is 0 Å². The molecule has 96 valence electrons. The first-order chi connectivity index (χ1) is 9.08. The highest BCUT2D eigenvalue weighted by Gasteiger charge is 2.15. The Balaban J connectivity index is 2.42. The first-order valence-electron chi connectivity index (χ1n) is 5.77. The zero-order valence-corrected chi connectivity index (χ0v) is 10.2. The SMILES string of the molecule is Cc1ccccc1-n1c(N)nc2c(F)cc(F)cc21. The number of aryl methyl sites for hydroxylation is 1. The fourth-order valence-corrected chi connectivity index (χ4v) is 2.19. The van der Waals surface area contributed by atoms with Crippen LogP contribution in [0.3, 0.4) is 0 Å². The first kappa shape index (κ1) is 11.6. The van der Waals surface area contributed by atoms with E-state index in [1.807, 2.05) is 31.2 Å². The third kappa shape index (κ3) is 1.74. The Morgan fingerprint density at radius 1 is 1.16 bits per heavy atom. The molecule has 0 amide bonds. The molecule has 0 atom stereocenters. The summed E-state index contributed by atoms with van der Waals surface area (Å²) in [5, 5.41) is 0. The summed E-state index contributed by atoms with van der Waals surface area (Å²) in [7, 11) is 0. The van der Waals surface area contributed by atoms with Crippen molar-refractivity contribution in [1.82, 2.24) is 9.55 Å². The Kier molecular flexibility index (Phi) is 2.48. The number of hydrogen-bond acceptors (Lipinski definition) is 2. The Morgan fingerprint density at radius 2 is 1.89 bits per heavy atom. The van der Waals surface area contributed by atoms with Crippen molar-refractivity contribution < 1.29 is 8.78 Å². The van der Waals surface area contributed by atoms with E-state index in [2.05, 4.69) is 4.98 Å².